The molecule has 0 unspecified atom stereocenters. The molecule has 1 rings (SSSR count). The summed E-state index contributed by atoms with van der Waals surface area (Å²) < 4.78 is 38.9. The standard InChI is InChI=1S/C25H56NO7Si7/c1-16-18-22-21(17-2)23(28-25(27)26(3,29-36(4,5)6)30-37(7,8)9)19-20-24(22)40(35-31-34,32-38(10,11)12)33-39(13,14)15/h17,19-20H,2,16,18,35H2,1,3-15,34H3/q+1. The molecule has 0 heterocycles. The van der Waals surface area contributed by atoms with Crippen molar-refractivity contribution < 1.29 is 35.7 Å². The number of ether oxygens (including phenoxy) is 1. The number of carbonyl (C=O) groups excluding carboxylic acids is 1. The van der Waals surface area contributed by atoms with Crippen LogP contribution in [0.4, 0.5) is 4.79 Å². The Morgan fingerprint density at radius 2 is 1.38 bits per heavy atom. The molecule has 0 aliphatic rings. The molecule has 0 fully saturated rings. The molecule has 0 bridgehead atoms. The van der Waals surface area contributed by atoms with E-state index in [-0.39, 0.29) is 0 Å². The molecule has 8 nitrogen and oxygen atoms in total. The SMILES string of the molecule is C=Cc1c(OC(=O)[N+](C)(O[Si](C)(C)C)O[Si](C)(C)C)ccc([Si](O[Si](C)(C)C)(O[Si](C)(C)C)[SiH2]O[SiH3])c1CCC. The number of hydroxylamine groups is 4. The molecule has 1 aromatic rings. The van der Waals surface area contributed by atoms with Gasteiger partial charge in [0, 0.05) is 10.4 Å². The predicted molar refractivity (Wildman–Crippen MR) is 185 cm³/mol. The minimum absolute atomic E-state index is 0.437. The third kappa shape index (κ3) is 11.8. The first-order chi connectivity index (χ1) is 17.9. The monoisotopic (exact) mass is 678 g/mol. The molecule has 40 heavy (non-hydrogen) atoms. The summed E-state index contributed by atoms with van der Waals surface area (Å²) in [6.45, 7) is 31.7. The maximum Gasteiger partial charge on any atom is 0.588 e. The zero-order valence-corrected chi connectivity index (χ0v) is 36.3. The molecule has 0 spiro atoms. The van der Waals surface area contributed by atoms with Gasteiger partial charge < -0.3 is 17.1 Å². The Morgan fingerprint density at radius 3 is 1.73 bits per heavy atom. The van der Waals surface area contributed by atoms with Crippen LogP contribution in [0.1, 0.15) is 24.5 Å². The Labute approximate surface area is 254 Å². The van der Waals surface area contributed by atoms with Crippen LogP contribution >= 0.6 is 0 Å². The van der Waals surface area contributed by atoms with E-state index in [2.05, 4.69) is 58.9 Å². The first-order valence-corrected chi connectivity index (χ1v) is 33.3. The molecule has 1 aromatic carbocycles. The Balaban J connectivity index is 3.87. The van der Waals surface area contributed by atoms with Gasteiger partial charge in [-0.05, 0) is 102 Å². The number of amides is 1. The lowest BCUT2D eigenvalue weighted by Crippen LogP contribution is -2.68. The van der Waals surface area contributed by atoms with Crippen molar-refractivity contribution in [3.8, 4) is 5.75 Å². The zero-order chi connectivity index (χ0) is 31.4. The first-order valence-electron chi connectivity index (χ1n) is 14.1. The van der Waals surface area contributed by atoms with Gasteiger partial charge in [-0.15, -0.1) is 0 Å². The van der Waals surface area contributed by atoms with Crippen molar-refractivity contribution in [1.29, 1.82) is 0 Å². The number of rotatable bonds is 15. The van der Waals surface area contributed by atoms with Gasteiger partial charge >= 0.3 is 14.2 Å². The second-order valence-electron chi connectivity index (χ2n) is 14.2. The van der Waals surface area contributed by atoms with E-state index >= 15 is 0 Å². The minimum atomic E-state index is -2.89. The summed E-state index contributed by atoms with van der Waals surface area (Å²) in [5.74, 6) is 0.437. The lowest BCUT2D eigenvalue weighted by molar-refractivity contribution is -1.15. The fourth-order valence-electron chi connectivity index (χ4n) is 4.59. The van der Waals surface area contributed by atoms with Crippen molar-refractivity contribution in [2.75, 3.05) is 7.05 Å². The average molecular weight is 679 g/mol. The van der Waals surface area contributed by atoms with Crippen molar-refractivity contribution in [3.05, 3.63) is 29.8 Å². The van der Waals surface area contributed by atoms with Crippen LogP contribution in [0.2, 0.25) is 78.6 Å². The summed E-state index contributed by atoms with van der Waals surface area (Å²) in [4.78, 5) is 13.1. The number of hydrogen-bond donors (Lipinski definition) is 0. The molecule has 0 saturated heterocycles. The van der Waals surface area contributed by atoms with Crippen LogP contribution in [0.25, 0.3) is 6.08 Å². The number of benzene rings is 1. The maximum atomic E-state index is 13.8. The van der Waals surface area contributed by atoms with Crippen LogP contribution in [0.5, 0.6) is 5.75 Å². The number of quaternary nitrogens is 1. The fraction of sp³-hybridized carbons (Fsp3) is 0.640. The second kappa shape index (κ2) is 14.0. The molecular weight excluding hydrogens is 623 g/mol. The number of hydrogen-bond acceptors (Lipinski definition) is 7. The third-order valence-corrected chi connectivity index (χ3v) is 24.8. The summed E-state index contributed by atoms with van der Waals surface area (Å²) in [5.41, 5.74) is 1.86. The number of nitrogens with zero attached hydrogens (tertiary/aromatic N) is 1. The zero-order valence-electron chi connectivity index (χ0n) is 27.9. The summed E-state index contributed by atoms with van der Waals surface area (Å²) in [5, 5.41) is 1.10. The van der Waals surface area contributed by atoms with Gasteiger partial charge in [0.2, 0.25) is 9.28 Å². The van der Waals surface area contributed by atoms with Gasteiger partial charge in [0.1, 0.15) is 23.3 Å². The average Bonchev–Trinajstić information content (AvgIpc) is 2.68. The molecule has 0 radical (unpaired) electrons. The Kier molecular flexibility index (Phi) is 13.2. The van der Waals surface area contributed by atoms with Gasteiger partial charge in [-0.3, -0.25) is 0 Å². The van der Waals surface area contributed by atoms with Crippen LogP contribution in [0.15, 0.2) is 18.7 Å². The predicted octanol–water partition coefficient (Wildman–Crippen LogP) is 4.99. The highest BCUT2D eigenvalue weighted by atomic mass is 29.2. The van der Waals surface area contributed by atoms with Gasteiger partial charge in [0.15, 0.2) is 16.6 Å². The molecule has 0 aliphatic carbocycles. The van der Waals surface area contributed by atoms with Crippen LogP contribution in [0.3, 0.4) is 0 Å². The molecule has 230 valence electrons. The minimum Gasteiger partial charge on any atom is -0.466 e. The van der Waals surface area contributed by atoms with Gasteiger partial charge in [0.05, 0.1) is 0 Å². The fourth-order valence-corrected chi connectivity index (χ4v) is 33.3. The van der Waals surface area contributed by atoms with E-state index in [4.69, 9.17) is 26.1 Å². The number of carbonyl (C=O) groups is 1. The first kappa shape index (κ1) is 37.7. The third-order valence-electron chi connectivity index (χ3n) is 5.13. The summed E-state index contributed by atoms with van der Waals surface area (Å²) >= 11 is 0. The normalized spacial score (nSPS) is 14.2. The molecule has 0 aromatic heterocycles. The Hall–Kier alpha value is -0.292. The summed E-state index contributed by atoms with van der Waals surface area (Å²) in [7, 11) is -10.1. The van der Waals surface area contributed by atoms with E-state index in [0.29, 0.717) is 16.2 Å². The molecule has 0 saturated carbocycles. The second-order valence-corrected chi connectivity index (χ2v) is 41.4. The van der Waals surface area contributed by atoms with Crippen molar-refractivity contribution in [1.82, 2.24) is 0 Å². The molecule has 0 aliphatic heterocycles. The van der Waals surface area contributed by atoms with Crippen molar-refractivity contribution >= 4 is 78.5 Å². The summed E-state index contributed by atoms with van der Waals surface area (Å²) in [6.07, 6.45) is 2.86. The smallest absolute Gasteiger partial charge is 0.466 e. The van der Waals surface area contributed by atoms with Crippen LogP contribution in [-0.4, -0.2) is 79.1 Å². The van der Waals surface area contributed by atoms with E-state index in [9.17, 15) is 4.79 Å². The van der Waals surface area contributed by atoms with E-state index in [1.54, 1.807) is 13.1 Å². The van der Waals surface area contributed by atoms with E-state index < -0.39 is 61.5 Å². The Morgan fingerprint density at radius 1 is 0.900 bits per heavy atom. The highest BCUT2D eigenvalue weighted by Gasteiger charge is 2.50. The van der Waals surface area contributed by atoms with Crippen LogP contribution in [0, 0.1) is 0 Å². The van der Waals surface area contributed by atoms with Crippen molar-refractivity contribution in [3.63, 3.8) is 0 Å². The quantitative estimate of drug-likeness (QED) is 0.147. The molecule has 0 N–H and O–H groups in total. The van der Waals surface area contributed by atoms with Crippen LogP contribution in [-0.2, 0) is 27.8 Å². The van der Waals surface area contributed by atoms with E-state index in [1.807, 2.05) is 45.3 Å². The highest BCUT2D eigenvalue weighted by molar-refractivity contribution is 7.27. The lowest BCUT2D eigenvalue weighted by atomic mass is 10.0. The van der Waals surface area contributed by atoms with Crippen LogP contribution < -0.4 is 9.92 Å². The highest BCUT2D eigenvalue weighted by Crippen LogP contribution is 2.31. The summed E-state index contributed by atoms with van der Waals surface area (Å²) in [6, 6.07) is 3.92. The lowest BCUT2D eigenvalue weighted by Gasteiger charge is -2.42. The molecule has 1 amide bonds. The van der Waals surface area contributed by atoms with Gasteiger partial charge in [-0.1, -0.05) is 32.1 Å². The van der Waals surface area contributed by atoms with Gasteiger partial charge in [0.25, 0.3) is 16.6 Å². The molecule has 15 heteroatoms. The van der Waals surface area contributed by atoms with Crippen molar-refractivity contribution in [2.24, 2.45) is 0 Å². The largest absolute Gasteiger partial charge is 0.588 e. The molecular formula is C25H56NO7Si7+. The van der Waals surface area contributed by atoms with Crippen molar-refractivity contribution in [2.45, 2.75) is 98.3 Å². The molecule has 0 atom stereocenters. The van der Waals surface area contributed by atoms with E-state index in [1.165, 1.54) is 0 Å². The van der Waals surface area contributed by atoms with Gasteiger partial charge in [-0.2, -0.15) is 4.79 Å². The van der Waals surface area contributed by atoms with Gasteiger partial charge in [-0.25, -0.2) is 9.05 Å². The topological polar surface area (TPSA) is 72.5 Å². The van der Waals surface area contributed by atoms with E-state index in [0.717, 1.165) is 29.2 Å². The Bertz CT molecular complexity index is 997. The maximum absolute atomic E-state index is 13.8.